The number of imidazole rings is 1. The third-order valence-corrected chi connectivity index (χ3v) is 6.13. The molecule has 0 spiro atoms. The van der Waals surface area contributed by atoms with Crippen LogP contribution in [0.2, 0.25) is 5.02 Å². The Hall–Kier alpha value is -2.17. The summed E-state index contributed by atoms with van der Waals surface area (Å²) < 4.78 is 77.4. The summed E-state index contributed by atoms with van der Waals surface area (Å²) in [5.41, 5.74) is -0.0656. The fraction of sp³-hybridized carbons (Fsp3) is 0.188. The van der Waals surface area contributed by atoms with Gasteiger partial charge in [0, 0.05) is 18.3 Å². The van der Waals surface area contributed by atoms with Gasteiger partial charge in [-0.1, -0.05) is 23.7 Å². The summed E-state index contributed by atoms with van der Waals surface area (Å²) in [6.45, 7) is 0. The van der Waals surface area contributed by atoms with Gasteiger partial charge < -0.3 is 0 Å². The summed E-state index contributed by atoms with van der Waals surface area (Å²) in [6, 6.07) is 4.90. The SMILES string of the molecule is CN([C@H](c1ccc(Cl)cc1)C(F)(F)F)[S@](=N)(=O)c1cnc2ccc(F)cn12. The Morgan fingerprint density at radius 3 is 2.44 bits per heavy atom. The minimum atomic E-state index is -4.82. The molecule has 0 saturated heterocycles. The average molecular weight is 421 g/mol. The van der Waals surface area contributed by atoms with Crippen LogP contribution in [0.3, 0.4) is 0 Å². The Morgan fingerprint density at radius 2 is 1.85 bits per heavy atom. The van der Waals surface area contributed by atoms with Gasteiger partial charge in [0.15, 0.2) is 14.9 Å². The van der Waals surface area contributed by atoms with Crippen LogP contribution in [0, 0.1) is 10.6 Å². The molecular formula is C16H13ClF4N4OS. The van der Waals surface area contributed by atoms with Crippen molar-refractivity contribution in [1.29, 1.82) is 4.78 Å². The highest BCUT2D eigenvalue weighted by Crippen LogP contribution is 2.40. The monoisotopic (exact) mass is 420 g/mol. The summed E-state index contributed by atoms with van der Waals surface area (Å²) in [5.74, 6) is -0.704. The summed E-state index contributed by atoms with van der Waals surface area (Å²) in [4.78, 5) is 3.89. The molecule has 0 aliphatic rings. The van der Waals surface area contributed by atoms with E-state index in [2.05, 4.69) is 4.98 Å². The number of pyridine rings is 1. The minimum Gasteiger partial charge on any atom is -0.288 e. The van der Waals surface area contributed by atoms with Crippen LogP contribution in [0.4, 0.5) is 17.6 Å². The lowest BCUT2D eigenvalue weighted by atomic mass is 10.1. The molecule has 0 amide bonds. The van der Waals surface area contributed by atoms with Crippen LogP contribution in [-0.2, 0) is 9.92 Å². The van der Waals surface area contributed by atoms with Crippen LogP contribution in [0.25, 0.3) is 5.65 Å². The maximum atomic E-state index is 13.7. The molecule has 3 aromatic rings. The molecule has 11 heteroatoms. The molecule has 27 heavy (non-hydrogen) atoms. The van der Waals surface area contributed by atoms with E-state index in [4.69, 9.17) is 16.4 Å². The number of hydrogen-bond acceptors (Lipinski definition) is 3. The topological polar surface area (TPSA) is 61.5 Å². The quantitative estimate of drug-likeness (QED) is 0.623. The van der Waals surface area contributed by atoms with E-state index >= 15 is 0 Å². The van der Waals surface area contributed by atoms with Gasteiger partial charge >= 0.3 is 6.18 Å². The van der Waals surface area contributed by atoms with Crippen LogP contribution < -0.4 is 0 Å². The van der Waals surface area contributed by atoms with E-state index in [1.54, 1.807) is 0 Å². The predicted molar refractivity (Wildman–Crippen MR) is 92.3 cm³/mol. The molecule has 5 nitrogen and oxygen atoms in total. The standard InChI is InChI=1S/C16H13ClF4N4OS/c1-24(15(16(19,20)21)10-2-4-11(17)5-3-10)27(22,26)14-8-23-13-7-6-12(18)9-25(13)14/h2-9,15,22H,1H3/t15-,27+/m1/s1. The molecule has 1 N–H and O–H groups in total. The van der Waals surface area contributed by atoms with E-state index in [0.717, 1.165) is 42.0 Å². The lowest BCUT2D eigenvalue weighted by molar-refractivity contribution is -0.170. The molecule has 2 aromatic heterocycles. The summed E-state index contributed by atoms with van der Waals surface area (Å²) in [5, 5.41) is -0.117. The Bertz CT molecular complexity index is 1080. The summed E-state index contributed by atoms with van der Waals surface area (Å²) in [6.07, 6.45) is -2.89. The average Bonchev–Trinajstić information content (AvgIpc) is 2.99. The zero-order valence-corrected chi connectivity index (χ0v) is 15.3. The maximum Gasteiger partial charge on any atom is 0.409 e. The van der Waals surface area contributed by atoms with Gasteiger partial charge in [0.05, 0.1) is 6.20 Å². The first-order chi connectivity index (χ1) is 12.5. The highest BCUT2D eigenvalue weighted by atomic mass is 35.5. The van der Waals surface area contributed by atoms with Gasteiger partial charge in [0.1, 0.15) is 17.5 Å². The van der Waals surface area contributed by atoms with Crippen molar-refractivity contribution < 1.29 is 21.8 Å². The molecule has 1 aromatic carbocycles. The molecule has 0 aliphatic heterocycles. The van der Waals surface area contributed by atoms with Crippen LogP contribution in [0.5, 0.6) is 0 Å². The molecule has 0 unspecified atom stereocenters. The van der Waals surface area contributed by atoms with E-state index in [0.29, 0.717) is 4.31 Å². The molecule has 0 aliphatic carbocycles. The Kier molecular flexibility index (Phi) is 4.91. The van der Waals surface area contributed by atoms with Crippen molar-refractivity contribution in [2.24, 2.45) is 0 Å². The zero-order chi connectivity index (χ0) is 20.0. The van der Waals surface area contributed by atoms with Gasteiger partial charge in [-0.05, 0) is 29.8 Å². The van der Waals surface area contributed by atoms with Gasteiger partial charge in [-0.3, -0.25) is 4.40 Å². The van der Waals surface area contributed by atoms with E-state index in [9.17, 15) is 21.8 Å². The van der Waals surface area contributed by atoms with Crippen molar-refractivity contribution in [2.75, 3.05) is 7.05 Å². The van der Waals surface area contributed by atoms with Crippen molar-refractivity contribution in [2.45, 2.75) is 17.2 Å². The van der Waals surface area contributed by atoms with Crippen LogP contribution in [0.15, 0.2) is 53.8 Å². The fourth-order valence-corrected chi connectivity index (χ4v) is 4.25. The summed E-state index contributed by atoms with van der Waals surface area (Å²) >= 11 is 5.73. The molecule has 2 heterocycles. The Balaban J connectivity index is 2.13. The number of hydrogen-bond donors (Lipinski definition) is 1. The minimum absolute atomic E-state index is 0.162. The molecule has 0 bridgehead atoms. The smallest absolute Gasteiger partial charge is 0.288 e. The van der Waals surface area contributed by atoms with Crippen molar-refractivity contribution in [3.63, 3.8) is 0 Å². The van der Waals surface area contributed by atoms with E-state index in [1.165, 1.54) is 18.2 Å². The van der Waals surface area contributed by atoms with Crippen LogP contribution in [-0.4, -0.2) is 31.1 Å². The molecular weight excluding hydrogens is 408 g/mol. The second-order valence-corrected chi connectivity index (χ2v) is 8.22. The van der Waals surface area contributed by atoms with Crippen LogP contribution in [0.1, 0.15) is 11.6 Å². The first-order valence-electron chi connectivity index (χ1n) is 7.48. The zero-order valence-electron chi connectivity index (χ0n) is 13.7. The molecule has 0 fully saturated rings. The number of nitrogens with zero attached hydrogens (tertiary/aromatic N) is 3. The number of benzene rings is 1. The van der Waals surface area contributed by atoms with E-state index < -0.39 is 28.0 Å². The number of rotatable bonds is 4. The van der Waals surface area contributed by atoms with Crippen molar-refractivity contribution >= 4 is 27.2 Å². The molecule has 144 valence electrons. The largest absolute Gasteiger partial charge is 0.409 e. The third kappa shape index (κ3) is 3.64. The first-order valence-corrected chi connectivity index (χ1v) is 9.37. The second-order valence-electron chi connectivity index (χ2n) is 5.74. The molecule has 3 rings (SSSR count). The third-order valence-electron chi connectivity index (χ3n) is 3.98. The van der Waals surface area contributed by atoms with E-state index in [-0.39, 0.29) is 21.3 Å². The van der Waals surface area contributed by atoms with Gasteiger partial charge in [0.25, 0.3) is 0 Å². The maximum absolute atomic E-state index is 13.7. The fourth-order valence-electron chi connectivity index (χ4n) is 2.68. The number of aromatic nitrogens is 2. The molecule has 0 radical (unpaired) electrons. The number of fused-ring (bicyclic) bond motifs is 1. The Labute approximate surface area is 157 Å². The summed E-state index contributed by atoms with van der Waals surface area (Å²) in [7, 11) is -3.23. The van der Waals surface area contributed by atoms with Crippen LogP contribution >= 0.6 is 11.6 Å². The predicted octanol–water partition coefficient (Wildman–Crippen LogP) is 4.68. The lowest BCUT2D eigenvalue weighted by Crippen LogP contribution is -2.39. The highest BCUT2D eigenvalue weighted by molar-refractivity contribution is 7.90. The van der Waals surface area contributed by atoms with Gasteiger partial charge in [-0.15, -0.1) is 0 Å². The highest BCUT2D eigenvalue weighted by Gasteiger charge is 2.47. The van der Waals surface area contributed by atoms with Gasteiger partial charge in [0.2, 0.25) is 0 Å². The number of alkyl halides is 3. The first kappa shape index (κ1) is 19.6. The lowest BCUT2D eigenvalue weighted by Gasteiger charge is -2.31. The van der Waals surface area contributed by atoms with Crippen molar-refractivity contribution in [3.8, 4) is 0 Å². The van der Waals surface area contributed by atoms with Crippen molar-refractivity contribution in [1.82, 2.24) is 13.7 Å². The molecule has 2 atom stereocenters. The van der Waals surface area contributed by atoms with Crippen molar-refractivity contribution in [3.05, 3.63) is 65.2 Å². The molecule has 0 saturated carbocycles. The number of nitrogens with one attached hydrogen (secondary N) is 1. The van der Waals surface area contributed by atoms with E-state index in [1.807, 2.05) is 0 Å². The normalized spacial score (nSPS) is 15.8. The van der Waals surface area contributed by atoms with Gasteiger partial charge in [-0.2, -0.15) is 17.5 Å². The Morgan fingerprint density at radius 1 is 1.22 bits per heavy atom. The number of halogens is 5. The van der Waals surface area contributed by atoms with Gasteiger partial charge in [-0.25, -0.2) is 18.4 Å². The second kappa shape index (κ2) is 6.77.